The number of fused-ring (bicyclic) bond motifs is 2. The van der Waals surface area contributed by atoms with E-state index >= 15 is 0 Å². The quantitative estimate of drug-likeness (QED) is 0.0618. The molecule has 0 amide bonds. The van der Waals surface area contributed by atoms with Crippen molar-refractivity contribution in [2.75, 3.05) is 0 Å². The summed E-state index contributed by atoms with van der Waals surface area (Å²) in [7, 11) is 0. The van der Waals surface area contributed by atoms with Gasteiger partial charge in [-0.05, 0) is 114 Å². The van der Waals surface area contributed by atoms with Gasteiger partial charge in [0.1, 0.15) is 5.69 Å². The first-order valence-corrected chi connectivity index (χ1v) is 21.9. The predicted molar refractivity (Wildman–Crippen MR) is 256 cm³/mol. The molecule has 0 bridgehead atoms. The average Bonchev–Trinajstić information content (AvgIpc) is 3.33. The van der Waals surface area contributed by atoms with Crippen molar-refractivity contribution >= 4 is 74.3 Å². The maximum absolute atomic E-state index is 13.3. The molecule has 7 nitrogen and oxygen atoms in total. The van der Waals surface area contributed by atoms with E-state index in [0.29, 0.717) is 16.8 Å². The zero-order chi connectivity index (χ0) is 43.2. The van der Waals surface area contributed by atoms with E-state index in [0.717, 1.165) is 55.3 Å². The lowest BCUT2D eigenvalue weighted by Crippen LogP contribution is -2.28. The van der Waals surface area contributed by atoms with Crippen LogP contribution >= 0.6 is 6.89 Å². The van der Waals surface area contributed by atoms with E-state index in [9.17, 15) is 14.4 Å². The smallest absolute Gasteiger partial charge is 0.187 e. The highest BCUT2D eigenvalue weighted by Gasteiger charge is 2.26. The van der Waals surface area contributed by atoms with Crippen LogP contribution in [-0.4, -0.2) is 43.6 Å². The molecule has 0 aliphatic rings. The highest BCUT2D eigenvalue weighted by molar-refractivity contribution is 7.95. The normalized spacial score (nSPS) is 10.9. The standard InChI is InChI=1S/C25H20NOP.C18H14N2O.C11H9NO/c27-25(21-16-18-26-19-17-21)20-28(22-10-4-1-5-11-22,23-12-6-2-7-13-23)24-14-8-3-9-15-24;1-13-2-3-14-4-5-16(20-17(14)12-13)6-7-18(21)15-8-10-19-11-9-15;1-8-2-3-9-4-5-10(7-13)12-11(9)6-8/h1-20H;2-12H,1H3;2-7H,1H3/b;7-6+;. The molecule has 9 aromatic rings. The van der Waals surface area contributed by atoms with Gasteiger partial charge in [-0.2, -0.15) is 0 Å². The van der Waals surface area contributed by atoms with E-state index in [-0.39, 0.29) is 11.6 Å². The predicted octanol–water partition coefficient (Wildman–Crippen LogP) is 10.3. The molecule has 8 heteroatoms. The molecule has 0 spiro atoms. The molecule has 0 aliphatic carbocycles. The fourth-order valence-electron chi connectivity index (χ4n) is 6.84. The minimum absolute atomic E-state index is 0.0206. The zero-order valence-electron chi connectivity index (χ0n) is 34.3. The number of Topliss-reactive ketones (excluding diaryl/α,β-unsaturated/α-hetero) is 1. The highest BCUT2D eigenvalue weighted by Crippen LogP contribution is 2.43. The van der Waals surface area contributed by atoms with Crippen LogP contribution in [0.2, 0.25) is 0 Å². The summed E-state index contributed by atoms with van der Waals surface area (Å²) in [4.78, 5) is 52.5. The van der Waals surface area contributed by atoms with E-state index in [2.05, 4.69) is 62.4 Å². The molecule has 4 aromatic heterocycles. The SMILES string of the molecule is Cc1ccc2ccc(/C=C/C(=O)c3ccncc3)nc2c1.Cc1ccc2ccc(C=O)nc2c1.O=C(C=P(c1ccccc1)(c1ccccc1)c1ccccc1)c1ccncc1. The van der Waals surface area contributed by atoms with Gasteiger partial charge in [-0.15, -0.1) is 0 Å². The second kappa shape index (κ2) is 20.5. The number of hydrogen-bond acceptors (Lipinski definition) is 7. The van der Waals surface area contributed by atoms with Gasteiger partial charge < -0.3 is 0 Å². The summed E-state index contributed by atoms with van der Waals surface area (Å²) in [6.45, 7) is 1.78. The van der Waals surface area contributed by atoms with Gasteiger partial charge in [-0.3, -0.25) is 24.4 Å². The number of carbonyl (C=O) groups is 3. The van der Waals surface area contributed by atoms with Gasteiger partial charge in [0.2, 0.25) is 0 Å². The molecular weight excluding hydrogens is 784 g/mol. The first-order chi connectivity index (χ1) is 30.3. The Kier molecular flexibility index (Phi) is 14.0. The Morgan fingerprint density at radius 2 is 0.871 bits per heavy atom. The topological polar surface area (TPSA) is 103 Å². The van der Waals surface area contributed by atoms with Gasteiger partial charge in [0, 0.05) is 46.7 Å². The van der Waals surface area contributed by atoms with E-state index in [1.54, 1.807) is 67.3 Å². The van der Waals surface area contributed by atoms with E-state index in [1.165, 1.54) is 5.56 Å². The number of carbonyl (C=O) groups excluding carboxylic acids is 3. The first kappa shape index (κ1) is 42.4. The van der Waals surface area contributed by atoms with Crippen LogP contribution in [0.5, 0.6) is 0 Å². The van der Waals surface area contributed by atoms with Gasteiger partial charge in [-0.25, -0.2) is 9.97 Å². The van der Waals surface area contributed by atoms with Crippen LogP contribution in [0.15, 0.2) is 207 Å². The fraction of sp³-hybridized carbons (Fsp3) is 0.0370. The van der Waals surface area contributed by atoms with E-state index in [4.69, 9.17) is 0 Å². The Morgan fingerprint density at radius 1 is 0.468 bits per heavy atom. The number of pyridine rings is 4. The number of benzene rings is 5. The van der Waals surface area contributed by atoms with Crippen LogP contribution in [0, 0.1) is 13.8 Å². The second-order valence-corrected chi connectivity index (χ2v) is 17.6. The molecule has 0 aliphatic heterocycles. The molecule has 0 unspecified atom stereocenters. The van der Waals surface area contributed by atoms with Crippen molar-refractivity contribution in [1.29, 1.82) is 0 Å². The number of rotatable bonds is 9. The van der Waals surface area contributed by atoms with Gasteiger partial charge in [0.15, 0.2) is 17.9 Å². The van der Waals surface area contributed by atoms with Crippen LogP contribution in [0.4, 0.5) is 0 Å². The maximum Gasteiger partial charge on any atom is 0.187 e. The maximum atomic E-state index is 13.3. The van der Waals surface area contributed by atoms with Crippen molar-refractivity contribution in [1.82, 2.24) is 19.9 Å². The number of aldehydes is 1. The number of hydrogen-bond donors (Lipinski definition) is 0. The summed E-state index contributed by atoms with van der Waals surface area (Å²) in [5, 5.41) is 5.65. The fourth-order valence-corrected chi connectivity index (χ4v) is 10.6. The minimum atomic E-state index is -2.27. The summed E-state index contributed by atoms with van der Waals surface area (Å²) in [5.74, 6) is 1.92. The molecule has 4 heterocycles. The summed E-state index contributed by atoms with van der Waals surface area (Å²) < 4.78 is 0. The Labute approximate surface area is 361 Å². The number of ketones is 2. The van der Waals surface area contributed by atoms with Crippen molar-refractivity contribution in [2.24, 2.45) is 0 Å². The van der Waals surface area contributed by atoms with Crippen LogP contribution in [0.1, 0.15) is 48.0 Å². The Bertz CT molecular complexity index is 2930. The van der Waals surface area contributed by atoms with Crippen LogP contribution in [0.3, 0.4) is 0 Å². The Balaban J connectivity index is 0.000000149. The molecule has 0 saturated heterocycles. The first-order valence-electron chi connectivity index (χ1n) is 20.0. The van der Waals surface area contributed by atoms with E-state index in [1.807, 2.05) is 123 Å². The monoisotopic (exact) mass is 826 g/mol. The summed E-state index contributed by atoms with van der Waals surface area (Å²) in [5.41, 5.74) is 6.68. The molecule has 0 atom stereocenters. The molecule has 0 saturated carbocycles. The van der Waals surface area contributed by atoms with Crippen molar-refractivity contribution in [2.45, 2.75) is 13.8 Å². The average molecular weight is 827 g/mol. The molecule has 0 radical (unpaired) electrons. The van der Waals surface area contributed by atoms with Crippen LogP contribution < -0.4 is 15.9 Å². The minimum Gasteiger partial charge on any atom is -0.296 e. The molecule has 302 valence electrons. The van der Waals surface area contributed by atoms with Crippen molar-refractivity contribution in [3.8, 4) is 0 Å². The highest BCUT2D eigenvalue weighted by atomic mass is 31.2. The number of nitrogens with zero attached hydrogens (tertiary/aromatic N) is 4. The lowest BCUT2D eigenvalue weighted by atomic mass is 10.1. The zero-order valence-corrected chi connectivity index (χ0v) is 35.2. The lowest BCUT2D eigenvalue weighted by molar-refractivity contribution is 0.104. The Hall–Kier alpha value is -7.73. The third-order valence-electron chi connectivity index (χ3n) is 10.00. The van der Waals surface area contributed by atoms with Gasteiger partial charge in [-0.1, -0.05) is 127 Å². The third-order valence-corrected chi connectivity index (χ3v) is 14.0. The molecular formula is C54H43N4O3P. The van der Waals surface area contributed by atoms with Gasteiger partial charge in [0.25, 0.3) is 0 Å². The van der Waals surface area contributed by atoms with Crippen molar-refractivity contribution in [3.05, 3.63) is 240 Å². The number of aromatic nitrogens is 4. The largest absolute Gasteiger partial charge is 0.296 e. The molecule has 5 aromatic carbocycles. The Morgan fingerprint density at radius 3 is 1.32 bits per heavy atom. The van der Waals surface area contributed by atoms with Gasteiger partial charge in [0.05, 0.1) is 16.7 Å². The summed E-state index contributed by atoms with van der Waals surface area (Å²) >= 11 is 0. The molecule has 0 fully saturated rings. The number of aryl methyl sites for hydroxylation is 2. The second-order valence-electron chi connectivity index (χ2n) is 14.4. The lowest BCUT2D eigenvalue weighted by Gasteiger charge is -2.28. The molecule has 0 N–H and O–H groups in total. The van der Waals surface area contributed by atoms with Crippen LogP contribution in [0.25, 0.3) is 27.9 Å². The van der Waals surface area contributed by atoms with Crippen molar-refractivity contribution in [3.63, 3.8) is 0 Å². The molecule has 9 rings (SSSR count). The summed E-state index contributed by atoms with van der Waals surface area (Å²) in [6, 6.07) is 57.7. The van der Waals surface area contributed by atoms with Gasteiger partial charge >= 0.3 is 0 Å². The molecule has 62 heavy (non-hydrogen) atoms. The summed E-state index contributed by atoms with van der Waals surface area (Å²) in [6.07, 6.45) is 10.6. The van der Waals surface area contributed by atoms with E-state index < -0.39 is 6.89 Å². The number of allylic oxidation sites excluding steroid dienone is 1. The third kappa shape index (κ3) is 10.5. The van der Waals surface area contributed by atoms with Crippen LogP contribution in [-0.2, 0) is 0 Å². The van der Waals surface area contributed by atoms with Crippen molar-refractivity contribution < 1.29 is 14.4 Å².